The molecule has 1 aliphatic heterocycles. The Kier molecular flexibility index (Phi) is 5.83. The Morgan fingerprint density at radius 3 is 2.61 bits per heavy atom. The first-order valence-corrected chi connectivity index (χ1v) is 11.1. The Morgan fingerprint density at radius 1 is 1.06 bits per heavy atom. The van der Waals surface area contributed by atoms with Crippen molar-refractivity contribution in [1.82, 2.24) is 24.4 Å². The van der Waals surface area contributed by atoms with Crippen LogP contribution < -0.4 is 9.64 Å². The molecule has 8 nitrogen and oxygen atoms in total. The maximum absolute atomic E-state index is 13.0. The van der Waals surface area contributed by atoms with Gasteiger partial charge in [0.2, 0.25) is 5.91 Å². The van der Waals surface area contributed by atoms with Crippen LogP contribution in [-0.2, 0) is 11.3 Å². The molecule has 0 unspecified atom stereocenters. The molecule has 33 heavy (non-hydrogen) atoms. The summed E-state index contributed by atoms with van der Waals surface area (Å²) < 4.78 is 6.98. The number of hydrogen-bond acceptors (Lipinski definition) is 6. The molecule has 4 heterocycles. The van der Waals surface area contributed by atoms with Crippen LogP contribution in [0.1, 0.15) is 0 Å². The Bertz CT molecular complexity index is 1280. The van der Waals surface area contributed by atoms with Crippen LogP contribution in [0.3, 0.4) is 0 Å². The number of aromatic nitrogens is 4. The molecule has 1 aliphatic rings. The van der Waals surface area contributed by atoms with Gasteiger partial charge >= 0.3 is 6.01 Å². The summed E-state index contributed by atoms with van der Waals surface area (Å²) >= 11 is 6.29. The number of ether oxygens (including phenoxy) is 1. The molecule has 0 N–H and O–H groups in total. The largest absolute Gasteiger partial charge is 0.467 e. The number of carbonyl (C=O) groups excluding carboxylic acids is 1. The lowest BCUT2D eigenvalue weighted by Crippen LogP contribution is -2.49. The highest BCUT2D eigenvalue weighted by molar-refractivity contribution is 6.31. The van der Waals surface area contributed by atoms with E-state index in [1.165, 1.54) is 7.11 Å². The fourth-order valence-corrected chi connectivity index (χ4v) is 4.34. The number of carbonyl (C=O) groups is 1. The molecule has 1 amide bonds. The van der Waals surface area contributed by atoms with Gasteiger partial charge in [-0.2, -0.15) is 0 Å². The molecule has 0 saturated carbocycles. The first-order chi connectivity index (χ1) is 16.1. The highest BCUT2D eigenvalue weighted by atomic mass is 35.5. The van der Waals surface area contributed by atoms with Gasteiger partial charge in [0.15, 0.2) is 0 Å². The molecule has 0 spiro atoms. The maximum atomic E-state index is 13.0. The molecule has 1 aromatic carbocycles. The second-order valence-electron chi connectivity index (χ2n) is 7.85. The third kappa shape index (κ3) is 4.34. The zero-order chi connectivity index (χ0) is 22.8. The number of pyridine rings is 1. The molecular formula is C24H23ClN6O2. The van der Waals surface area contributed by atoms with Crippen molar-refractivity contribution in [3.8, 4) is 17.1 Å². The topological polar surface area (TPSA) is 76.4 Å². The van der Waals surface area contributed by atoms with Gasteiger partial charge in [0.1, 0.15) is 12.2 Å². The minimum Gasteiger partial charge on any atom is -0.467 e. The summed E-state index contributed by atoms with van der Waals surface area (Å²) in [4.78, 5) is 30.0. The number of methoxy groups -OCH3 is 1. The molecule has 1 fully saturated rings. The van der Waals surface area contributed by atoms with Gasteiger partial charge in [0.25, 0.3) is 0 Å². The zero-order valence-electron chi connectivity index (χ0n) is 18.2. The lowest BCUT2D eigenvalue weighted by molar-refractivity contribution is -0.132. The van der Waals surface area contributed by atoms with Crippen molar-refractivity contribution < 1.29 is 9.53 Å². The van der Waals surface area contributed by atoms with Crippen LogP contribution in [0.5, 0.6) is 6.01 Å². The van der Waals surface area contributed by atoms with E-state index in [1.54, 1.807) is 18.6 Å². The number of piperazine rings is 1. The highest BCUT2D eigenvalue weighted by Gasteiger charge is 2.24. The second kappa shape index (κ2) is 9.07. The van der Waals surface area contributed by atoms with Gasteiger partial charge in [0.05, 0.1) is 7.11 Å². The lowest BCUT2D eigenvalue weighted by atomic mass is 10.1. The molecule has 3 aromatic heterocycles. The smallest absolute Gasteiger partial charge is 0.316 e. The molecule has 168 valence electrons. The van der Waals surface area contributed by atoms with Crippen LogP contribution in [0.15, 0.2) is 61.2 Å². The first-order valence-electron chi connectivity index (χ1n) is 10.7. The van der Waals surface area contributed by atoms with Gasteiger partial charge in [-0.3, -0.25) is 4.79 Å². The maximum Gasteiger partial charge on any atom is 0.316 e. The number of amides is 1. The van der Waals surface area contributed by atoms with Gasteiger partial charge in [-0.15, -0.1) is 0 Å². The summed E-state index contributed by atoms with van der Waals surface area (Å²) in [6, 6.07) is 12.0. The molecule has 0 bridgehead atoms. The average Bonchev–Trinajstić information content (AvgIpc) is 3.27. The first kappa shape index (κ1) is 21.2. The highest BCUT2D eigenvalue weighted by Crippen LogP contribution is 2.33. The number of hydrogen-bond donors (Lipinski definition) is 0. The summed E-state index contributed by atoms with van der Waals surface area (Å²) in [6.07, 6.45) is 7.13. The summed E-state index contributed by atoms with van der Waals surface area (Å²) in [7, 11) is 1.54. The quantitative estimate of drug-likeness (QED) is 0.452. The lowest BCUT2D eigenvalue weighted by Gasteiger charge is -2.37. The van der Waals surface area contributed by atoms with Crippen LogP contribution in [0.4, 0.5) is 5.69 Å². The number of rotatable bonds is 5. The van der Waals surface area contributed by atoms with E-state index in [4.69, 9.17) is 16.3 Å². The Balaban J connectivity index is 1.29. The average molecular weight is 463 g/mol. The SMILES string of the molecule is COc1ncc(-c2cc(Cl)ccc2N2CCN(C(=O)Cn3ccc4cccnc43)CC2)cn1. The van der Waals surface area contributed by atoms with E-state index in [9.17, 15) is 4.79 Å². The number of benzene rings is 1. The van der Waals surface area contributed by atoms with E-state index in [-0.39, 0.29) is 12.5 Å². The fourth-order valence-electron chi connectivity index (χ4n) is 4.17. The minimum atomic E-state index is 0.0951. The monoisotopic (exact) mass is 462 g/mol. The van der Waals surface area contributed by atoms with Crippen LogP contribution in [0.25, 0.3) is 22.2 Å². The molecule has 4 aromatic rings. The third-order valence-corrected chi connectivity index (χ3v) is 6.12. The van der Waals surface area contributed by atoms with Crippen molar-refractivity contribution in [2.24, 2.45) is 0 Å². The third-order valence-electron chi connectivity index (χ3n) is 5.88. The van der Waals surface area contributed by atoms with E-state index >= 15 is 0 Å². The van der Waals surface area contributed by atoms with Crippen molar-refractivity contribution in [3.63, 3.8) is 0 Å². The van der Waals surface area contributed by atoms with Crippen LogP contribution in [0.2, 0.25) is 5.02 Å². The number of fused-ring (bicyclic) bond motifs is 1. The Morgan fingerprint density at radius 2 is 1.85 bits per heavy atom. The molecule has 5 rings (SSSR count). The van der Waals surface area contributed by atoms with Crippen LogP contribution in [-0.4, -0.2) is 63.6 Å². The fraction of sp³-hybridized carbons (Fsp3) is 0.250. The van der Waals surface area contributed by atoms with Gasteiger partial charge in [-0.1, -0.05) is 11.6 Å². The van der Waals surface area contributed by atoms with Gasteiger partial charge in [-0.05, 0) is 36.4 Å². The van der Waals surface area contributed by atoms with Crippen LogP contribution in [0, 0.1) is 0 Å². The summed E-state index contributed by atoms with van der Waals surface area (Å²) in [5, 5.41) is 1.68. The molecule has 0 aliphatic carbocycles. The molecule has 1 saturated heterocycles. The summed E-state index contributed by atoms with van der Waals surface area (Å²) in [5.74, 6) is 0.0951. The Labute approximate surface area is 196 Å². The van der Waals surface area contributed by atoms with Crippen molar-refractivity contribution in [2.45, 2.75) is 6.54 Å². The predicted octanol–water partition coefficient (Wildman–Crippen LogP) is 3.50. The van der Waals surface area contributed by atoms with E-state index in [2.05, 4.69) is 19.9 Å². The van der Waals surface area contributed by atoms with Gasteiger partial charge in [-0.25, -0.2) is 15.0 Å². The normalized spacial score (nSPS) is 14.0. The van der Waals surface area contributed by atoms with E-state index in [0.717, 1.165) is 40.9 Å². The van der Waals surface area contributed by atoms with Crippen molar-refractivity contribution in [3.05, 3.63) is 66.2 Å². The molecule has 0 atom stereocenters. The molecule has 0 radical (unpaired) electrons. The van der Waals surface area contributed by atoms with E-state index in [0.29, 0.717) is 24.1 Å². The van der Waals surface area contributed by atoms with Crippen LogP contribution >= 0.6 is 11.6 Å². The standard InChI is InChI=1S/C24H23ClN6O2/c1-33-24-27-14-18(15-28-24)20-13-19(25)4-5-21(20)29-9-11-30(12-10-29)22(32)16-31-8-6-17-3-2-7-26-23(17)31/h2-8,13-15H,9-12,16H2,1H3. The van der Waals surface area contributed by atoms with E-state index in [1.807, 2.05) is 52.1 Å². The number of anilines is 1. The van der Waals surface area contributed by atoms with Crippen molar-refractivity contribution in [1.29, 1.82) is 0 Å². The number of halogens is 1. The second-order valence-corrected chi connectivity index (χ2v) is 8.28. The van der Waals surface area contributed by atoms with Gasteiger partial charge in [0, 0.05) is 78.2 Å². The minimum absolute atomic E-state index is 0.0951. The van der Waals surface area contributed by atoms with Crippen molar-refractivity contribution in [2.75, 3.05) is 38.2 Å². The zero-order valence-corrected chi connectivity index (χ0v) is 18.9. The summed E-state index contributed by atoms with van der Waals surface area (Å²) in [6.45, 7) is 3.03. The predicted molar refractivity (Wildman–Crippen MR) is 128 cm³/mol. The number of nitrogens with zero attached hydrogens (tertiary/aromatic N) is 6. The molecular weight excluding hydrogens is 440 g/mol. The van der Waals surface area contributed by atoms with Gasteiger partial charge < -0.3 is 19.1 Å². The summed E-state index contributed by atoms with van der Waals surface area (Å²) in [5.41, 5.74) is 3.69. The molecule has 9 heteroatoms. The Hall–Kier alpha value is -3.65. The van der Waals surface area contributed by atoms with E-state index < -0.39 is 0 Å². The van der Waals surface area contributed by atoms with Crippen molar-refractivity contribution >= 4 is 34.2 Å².